The summed E-state index contributed by atoms with van der Waals surface area (Å²) in [4.78, 5) is 34.0. The van der Waals surface area contributed by atoms with Gasteiger partial charge in [0.1, 0.15) is 28.9 Å². The van der Waals surface area contributed by atoms with Crippen LogP contribution in [0.3, 0.4) is 0 Å². The third-order valence-electron chi connectivity index (χ3n) is 5.50. The molecule has 0 spiro atoms. The molecule has 1 aliphatic heterocycles. The number of carbonyl (C=O) groups is 2. The van der Waals surface area contributed by atoms with E-state index in [2.05, 4.69) is 4.98 Å². The Morgan fingerprint density at radius 2 is 1.97 bits per heavy atom. The van der Waals surface area contributed by atoms with Gasteiger partial charge in [0.05, 0.1) is 11.3 Å². The van der Waals surface area contributed by atoms with Gasteiger partial charge in [-0.2, -0.15) is 0 Å². The predicted octanol–water partition coefficient (Wildman–Crippen LogP) is 2.92. The molecule has 162 valence electrons. The molecular weight excluding hydrogens is 396 g/mol. The number of amides is 1. The number of hydrogen-bond acceptors (Lipinski definition) is 6. The van der Waals surface area contributed by atoms with Gasteiger partial charge in [-0.25, -0.2) is 4.98 Å². The molecule has 0 bridgehead atoms. The quantitative estimate of drug-likeness (QED) is 0.373. The Morgan fingerprint density at radius 1 is 1.19 bits per heavy atom. The van der Waals surface area contributed by atoms with Crippen LogP contribution in [0, 0.1) is 13.8 Å². The lowest BCUT2D eigenvalue weighted by Gasteiger charge is -2.24. The molecule has 3 aromatic rings. The molecule has 1 amide bonds. The number of pyridine rings is 1. The number of aryl methyl sites for hydroxylation is 2. The number of furan rings is 1. The van der Waals surface area contributed by atoms with Gasteiger partial charge in [-0.3, -0.25) is 14.0 Å². The summed E-state index contributed by atoms with van der Waals surface area (Å²) >= 11 is 0. The first-order valence-electron chi connectivity index (χ1n) is 10.2. The zero-order valence-electron chi connectivity index (χ0n) is 18.1. The van der Waals surface area contributed by atoms with Crippen molar-refractivity contribution in [2.45, 2.75) is 26.3 Å². The number of aliphatic hydroxyl groups excluding tert-OH is 1. The second-order valence-corrected chi connectivity index (χ2v) is 8.07. The standard InChI is InChI=1S/C23H26N4O4/c1-14-9-10-16(31-14)20-18(22(29)23(30)27(20)13-7-11-25(3)4)21(28)19-15(2)24-17-8-5-6-12-26(17)19/h5-6,8-10,12,20,28H,7,11,13H2,1-4H3/b21-18-/t20-/m0/s1. The Balaban J connectivity index is 1.86. The van der Waals surface area contributed by atoms with Crippen molar-refractivity contribution in [3.05, 3.63) is 65.0 Å². The van der Waals surface area contributed by atoms with E-state index in [0.717, 1.165) is 6.54 Å². The smallest absolute Gasteiger partial charge is 0.295 e. The van der Waals surface area contributed by atoms with Gasteiger partial charge in [0.25, 0.3) is 11.7 Å². The van der Waals surface area contributed by atoms with Crippen LogP contribution in [0.5, 0.6) is 0 Å². The summed E-state index contributed by atoms with van der Waals surface area (Å²) in [5.41, 5.74) is 1.64. The number of rotatable bonds is 6. The van der Waals surface area contributed by atoms with Crippen molar-refractivity contribution in [1.82, 2.24) is 19.2 Å². The van der Waals surface area contributed by atoms with E-state index in [0.29, 0.717) is 41.5 Å². The number of nitrogens with zero attached hydrogens (tertiary/aromatic N) is 4. The Labute approximate surface area is 180 Å². The van der Waals surface area contributed by atoms with Crippen LogP contribution in [0.15, 0.2) is 46.5 Å². The average molecular weight is 422 g/mol. The van der Waals surface area contributed by atoms with E-state index in [1.165, 1.54) is 4.90 Å². The summed E-state index contributed by atoms with van der Waals surface area (Å²) < 4.78 is 7.53. The van der Waals surface area contributed by atoms with Crippen LogP contribution in [0.25, 0.3) is 11.4 Å². The molecule has 1 atom stereocenters. The minimum absolute atomic E-state index is 0.0259. The van der Waals surface area contributed by atoms with Gasteiger partial charge in [0.15, 0.2) is 5.76 Å². The summed E-state index contributed by atoms with van der Waals surface area (Å²) in [7, 11) is 3.91. The van der Waals surface area contributed by atoms with E-state index in [1.807, 2.05) is 37.2 Å². The highest BCUT2D eigenvalue weighted by Crippen LogP contribution is 2.40. The maximum atomic E-state index is 13.1. The summed E-state index contributed by atoms with van der Waals surface area (Å²) in [6.07, 6.45) is 2.45. The van der Waals surface area contributed by atoms with Crippen molar-refractivity contribution in [3.63, 3.8) is 0 Å². The topological polar surface area (TPSA) is 91.3 Å². The number of aromatic nitrogens is 2. The predicted molar refractivity (Wildman–Crippen MR) is 116 cm³/mol. The molecule has 0 aliphatic carbocycles. The first-order chi connectivity index (χ1) is 14.8. The van der Waals surface area contributed by atoms with Crippen LogP contribution in [0.4, 0.5) is 0 Å². The van der Waals surface area contributed by atoms with Gasteiger partial charge in [0, 0.05) is 12.7 Å². The molecule has 8 nitrogen and oxygen atoms in total. The molecule has 1 N–H and O–H groups in total. The molecule has 3 aromatic heterocycles. The molecule has 31 heavy (non-hydrogen) atoms. The van der Waals surface area contributed by atoms with E-state index >= 15 is 0 Å². The second-order valence-electron chi connectivity index (χ2n) is 8.07. The van der Waals surface area contributed by atoms with Crippen molar-refractivity contribution in [2.75, 3.05) is 27.2 Å². The molecule has 1 fully saturated rings. The lowest BCUT2D eigenvalue weighted by Crippen LogP contribution is -2.32. The molecule has 0 aromatic carbocycles. The Bertz CT molecular complexity index is 1190. The summed E-state index contributed by atoms with van der Waals surface area (Å²) in [6.45, 7) is 4.70. The molecule has 0 saturated carbocycles. The van der Waals surface area contributed by atoms with E-state index in [-0.39, 0.29) is 11.3 Å². The van der Waals surface area contributed by atoms with Crippen molar-refractivity contribution in [3.8, 4) is 0 Å². The molecule has 0 radical (unpaired) electrons. The van der Waals surface area contributed by atoms with Crippen LogP contribution in [-0.2, 0) is 9.59 Å². The lowest BCUT2D eigenvalue weighted by atomic mass is 10.0. The van der Waals surface area contributed by atoms with E-state index in [4.69, 9.17) is 4.42 Å². The fourth-order valence-corrected chi connectivity index (χ4v) is 4.09. The van der Waals surface area contributed by atoms with Gasteiger partial charge in [-0.05, 0) is 65.2 Å². The summed E-state index contributed by atoms with van der Waals surface area (Å²) in [6, 6.07) is 8.23. The molecule has 1 aliphatic rings. The SMILES string of the molecule is Cc1ccc([C@H]2/C(=C(/O)c3c(C)nc4ccccn34)C(=O)C(=O)N2CCCN(C)C)o1. The number of hydrogen-bond donors (Lipinski definition) is 1. The van der Waals surface area contributed by atoms with Gasteiger partial charge in [0.2, 0.25) is 0 Å². The van der Waals surface area contributed by atoms with E-state index < -0.39 is 17.7 Å². The minimum Gasteiger partial charge on any atom is -0.505 e. The Morgan fingerprint density at radius 3 is 2.65 bits per heavy atom. The minimum atomic E-state index is -0.787. The first kappa shape index (κ1) is 20.9. The van der Waals surface area contributed by atoms with Gasteiger partial charge in [-0.15, -0.1) is 0 Å². The fraction of sp³-hybridized carbons (Fsp3) is 0.348. The maximum absolute atomic E-state index is 13.1. The number of likely N-dealkylation sites (tertiary alicyclic amines) is 1. The number of Topliss-reactive ketones (excluding diaryl/α,β-unsaturated/α-hetero) is 1. The van der Waals surface area contributed by atoms with Crippen LogP contribution < -0.4 is 0 Å². The molecule has 8 heteroatoms. The zero-order chi connectivity index (χ0) is 22.3. The molecule has 0 unspecified atom stereocenters. The number of imidazole rings is 1. The van der Waals surface area contributed by atoms with Crippen molar-refractivity contribution < 1.29 is 19.1 Å². The molecular formula is C23H26N4O4. The van der Waals surface area contributed by atoms with Crippen LogP contribution in [0.1, 0.15) is 35.4 Å². The maximum Gasteiger partial charge on any atom is 0.295 e. The number of fused-ring (bicyclic) bond motifs is 1. The molecule has 4 rings (SSSR count). The van der Waals surface area contributed by atoms with Gasteiger partial charge >= 0.3 is 0 Å². The van der Waals surface area contributed by atoms with Gasteiger partial charge in [-0.1, -0.05) is 6.07 Å². The highest BCUT2D eigenvalue weighted by atomic mass is 16.3. The number of ketones is 1. The molecule has 1 saturated heterocycles. The highest BCUT2D eigenvalue weighted by Gasteiger charge is 2.47. The average Bonchev–Trinajstić information content (AvgIpc) is 3.36. The monoisotopic (exact) mass is 422 g/mol. The van der Waals surface area contributed by atoms with E-state index in [9.17, 15) is 14.7 Å². The third kappa shape index (κ3) is 3.63. The van der Waals surface area contributed by atoms with Crippen LogP contribution >= 0.6 is 0 Å². The normalized spacial score (nSPS) is 18.6. The largest absolute Gasteiger partial charge is 0.505 e. The summed E-state index contributed by atoms with van der Waals surface area (Å²) in [5.74, 6) is -0.476. The van der Waals surface area contributed by atoms with Crippen molar-refractivity contribution >= 4 is 23.1 Å². The Hall–Kier alpha value is -3.39. The lowest BCUT2D eigenvalue weighted by molar-refractivity contribution is -0.140. The summed E-state index contributed by atoms with van der Waals surface area (Å²) in [5, 5.41) is 11.3. The highest BCUT2D eigenvalue weighted by molar-refractivity contribution is 6.46. The fourth-order valence-electron chi connectivity index (χ4n) is 4.09. The zero-order valence-corrected chi connectivity index (χ0v) is 18.1. The van der Waals surface area contributed by atoms with Crippen molar-refractivity contribution in [2.24, 2.45) is 0 Å². The van der Waals surface area contributed by atoms with E-state index in [1.54, 1.807) is 36.6 Å². The Kier molecular flexibility index (Phi) is 5.41. The first-order valence-corrected chi connectivity index (χ1v) is 10.2. The number of carbonyl (C=O) groups excluding carboxylic acids is 2. The number of aliphatic hydroxyl groups is 1. The second kappa shape index (κ2) is 8.03. The molecule has 4 heterocycles. The van der Waals surface area contributed by atoms with Crippen LogP contribution in [-0.4, -0.2) is 63.2 Å². The third-order valence-corrected chi connectivity index (χ3v) is 5.50. The van der Waals surface area contributed by atoms with Crippen LogP contribution in [0.2, 0.25) is 0 Å². The van der Waals surface area contributed by atoms with Crippen molar-refractivity contribution in [1.29, 1.82) is 0 Å². The van der Waals surface area contributed by atoms with Gasteiger partial charge < -0.3 is 19.3 Å².